The first kappa shape index (κ1) is 18.0. The number of aryl methyl sites for hydroxylation is 2. The summed E-state index contributed by atoms with van der Waals surface area (Å²) in [6.45, 7) is 11.6. The normalized spacial score (nSPS) is 13.5. The fourth-order valence-electron chi connectivity index (χ4n) is 2.25. The highest BCUT2D eigenvalue weighted by Crippen LogP contribution is 2.19. The standard InChI is InChI=1S/C17H29NO3/c1-6-18(12-17(4,5)20)10-15(19)11-21-16-9-13(2)7-8-14(16)3/h7-9,15,19-20H,6,10-12H2,1-5H3. The minimum Gasteiger partial charge on any atom is -0.491 e. The topological polar surface area (TPSA) is 52.9 Å². The van der Waals surface area contributed by atoms with Crippen molar-refractivity contribution in [2.75, 3.05) is 26.2 Å². The predicted octanol–water partition coefficient (Wildman–Crippen LogP) is 2.14. The molecular formula is C17H29NO3. The second-order valence-corrected chi connectivity index (χ2v) is 6.37. The van der Waals surface area contributed by atoms with Crippen LogP contribution in [0.1, 0.15) is 31.9 Å². The zero-order valence-corrected chi connectivity index (χ0v) is 13.9. The number of hydrogen-bond acceptors (Lipinski definition) is 4. The van der Waals surface area contributed by atoms with Gasteiger partial charge in [-0.25, -0.2) is 0 Å². The van der Waals surface area contributed by atoms with Gasteiger partial charge in [-0.05, 0) is 51.4 Å². The van der Waals surface area contributed by atoms with Crippen LogP contribution in [0, 0.1) is 13.8 Å². The maximum absolute atomic E-state index is 10.1. The molecule has 1 unspecified atom stereocenters. The summed E-state index contributed by atoms with van der Waals surface area (Å²) in [5.41, 5.74) is 1.45. The van der Waals surface area contributed by atoms with E-state index in [1.807, 2.05) is 43.9 Å². The van der Waals surface area contributed by atoms with E-state index in [2.05, 4.69) is 0 Å². The van der Waals surface area contributed by atoms with Crippen molar-refractivity contribution in [2.24, 2.45) is 0 Å². The molecule has 0 aliphatic rings. The lowest BCUT2D eigenvalue weighted by atomic mass is 10.1. The highest BCUT2D eigenvalue weighted by Gasteiger charge is 2.19. The Hall–Kier alpha value is -1.10. The molecule has 0 aliphatic carbocycles. The van der Waals surface area contributed by atoms with Crippen LogP contribution < -0.4 is 4.74 Å². The molecule has 0 radical (unpaired) electrons. The van der Waals surface area contributed by atoms with Gasteiger partial charge < -0.3 is 14.9 Å². The van der Waals surface area contributed by atoms with Gasteiger partial charge in [-0.15, -0.1) is 0 Å². The molecule has 0 saturated carbocycles. The molecule has 0 bridgehead atoms. The largest absolute Gasteiger partial charge is 0.491 e. The molecule has 0 aromatic heterocycles. The number of hydrogen-bond donors (Lipinski definition) is 2. The Bertz CT molecular complexity index is 440. The molecule has 0 fully saturated rings. The number of aliphatic hydroxyl groups excluding tert-OH is 1. The Morgan fingerprint density at radius 1 is 1.29 bits per heavy atom. The summed E-state index contributed by atoms with van der Waals surface area (Å²) < 4.78 is 5.72. The number of nitrogens with zero attached hydrogens (tertiary/aromatic N) is 1. The number of ether oxygens (including phenoxy) is 1. The molecule has 21 heavy (non-hydrogen) atoms. The zero-order valence-electron chi connectivity index (χ0n) is 13.9. The van der Waals surface area contributed by atoms with E-state index in [9.17, 15) is 10.2 Å². The van der Waals surface area contributed by atoms with E-state index in [1.54, 1.807) is 13.8 Å². The van der Waals surface area contributed by atoms with Crippen molar-refractivity contribution in [3.05, 3.63) is 29.3 Å². The Balaban J connectivity index is 2.49. The molecule has 2 N–H and O–H groups in total. The Labute approximate surface area is 128 Å². The van der Waals surface area contributed by atoms with Crippen LogP contribution in [0.4, 0.5) is 0 Å². The molecule has 1 atom stereocenters. The van der Waals surface area contributed by atoms with Crippen LogP contribution in [0.25, 0.3) is 0 Å². The van der Waals surface area contributed by atoms with Crippen LogP contribution in [0.3, 0.4) is 0 Å². The molecule has 0 aliphatic heterocycles. The quantitative estimate of drug-likeness (QED) is 0.771. The van der Waals surface area contributed by atoms with E-state index in [1.165, 1.54) is 0 Å². The van der Waals surface area contributed by atoms with Crippen molar-refractivity contribution in [3.8, 4) is 5.75 Å². The van der Waals surface area contributed by atoms with Crippen molar-refractivity contribution in [1.82, 2.24) is 4.90 Å². The Morgan fingerprint density at radius 3 is 2.52 bits per heavy atom. The van der Waals surface area contributed by atoms with Crippen LogP contribution in [0.2, 0.25) is 0 Å². The highest BCUT2D eigenvalue weighted by molar-refractivity contribution is 5.35. The van der Waals surface area contributed by atoms with E-state index in [0.717, 1.165) is 23.4 Å². The molecule has 1 aromatic carbocycles. The molecule has 0 spiro atoms. The third-order valence-electron chi connectivity index (χ3n) is 3.30. The smallest absolute Gasteiger partial charge is 0.122 e. The van der Waals surface area contributed by atoms with Gasteiger partial charge in [0, 0.05) is 13.1 Å². The maximum Gasteiger partial charge on any atom is 0.122 e. The van der Waals surface area contributed by atoms with E-state index in [4.69, 9.17) is 4.74 Å². The Kier molecular flexibility index (Phi) is 6.65. The SMILES string of the molecule is CCN(CC(O)COc1cc(C)ccc1C)CC(C)(C)O. The van der Waals surface area contributed by atoms with Gasteiger partial charge in [0.05, 0.1) is 5.60 Å². The summed E-state index contributed by atoms with van der Waals surface area (Å²) >= 11 is 0. The minimum atomic E-state index is -0.760. The number of aliphatic hydroxyl groups is 2. The van der Waals surface area contributed by atoms with Gasteiger partial charge in [-0.3, -0.25) is 4.90 Å². The number of rotatable bonds is 8. The van der Waals surface area contributed by atoms with Crippen LogP contribution in [0.15, 0.2) is 18.2 Å². The summed E-state index contributed by atoms with van der Waals surface area (Å²) in [6.07, 6.45) is -0.577. The van der Waals surface area contributed by atoms with Gasteiger partial charge in [0.1, 0.15) is 18.5 Å². The minimum absolute atomic E-state index is 0.257. The molecule has 0 heterocycles. The van der Waals surface area contributed by atoms with Gasteiger partial charge in [0.25, 0.3) is 0 Å². The number of likely N-dealkylation sites (N-methyl/N-ethyl adjacent to an activating group) is 1. The van der Waals surface area contributed by atoms with Crippen LogP contribution in [0.5, 0.6) is 5.75 Å². The molecular weight excluding hydrogens is 266 g/mol. The molecule has 120 valence electrons. The van der Waals surface area contributed by atoms with Crippen molar-refractivity contribution < 1.29 is 14.9 Å². The van der Waals surface area contributed by atoms with E-state index in [0.29, 0.717) is 13.1 Å². The van der Waals surface area contributed by atoms with Gasteiger partial charge in [0.2, 0.25) is 0 Å². The summed E-state index contributed by atoms with van der Waals surface area (Å²) in [5, 5.41) is 20.0. The monoisotopic (exact) mass is 295 g/mol. The Morgan fingerprint density at radius 2 is 1.95 bits per heavy atom. The van der Waals surface area contributed by atoms with Gasteiger partial charge >= 0.3 is 0 Å². The van der Waals surface area contributed by atoms with E-state index < -0.39 is 11.7 Å². The lowest BCUT2D eigenvalue weighted by Crippen LogP contribution is -2.43. The van der Waals surface area contributed by atoms with Gasteiger partial charge in [-0.1, -0.05) is 19.1 Å². The summed E-state index contributed by atoms with van der Waals surface area (Å²) in [6, 6.07) is 6.04. The predicted molar refractivity (Wildman–Crippen MR) is 85.8 cm³/mol. The van der Waals surface area contributed by atoms with Crippen molar-refractivity contribution in [1.29, 1.82) is 0 Å². The van der Waals surface area contributed by atoms with E-state index >= 15 is 0 Å². The molecule has 1 aromatic rings. The van der Waals surface area contributed by atoms with E-state index in [-0.39, 0.29) is 6.61 Å². The first-order valence-electron chi connectivity index (χ1n) is 7.54. The van der Waals surface area contributed by atoms with Gasteiger partial charge in [-0.2, -0.15) is 0 Å². The fraction of sp³-hybridized carbons (Fsp3) is 0.647. The fourth-order valence-corrected chi connectivity index (χ4v) is 2.25. The van der Waals surface area contributed by atoms with Gasteiger partial charge in [0.15, 0.2) is 0 Å². The number of benzene rings is 1. The second-order valence-electron chi connectivity index (χ2n) is 6.37. The highest BCUT2D eigenvalue weighted by atomic mass is 16.5. The summed E-state index contributed by atoms with van der Waals surface area (Å²) in [4.78, 5) is 2.02. The maximum atomic E-state index is 10.1. The average Bonchev–Trinajstić information content (AvgIpc) is 2.37. The third kappa shape index (κ3) is 6.93. The summed E-state index contributed by atoms with van der Waals surface area (Å²) in [5.74, 6) is 0.819. The van der Waals surface area contributed by atoms with Crippen LogP contribution in [-0.4, -0.2) is 53.1 Å². The zero-order chi connectivity index (χ0) is 16.0. The molecule has 0 saturated heterocycles. The summed E-state index contributed by atoms with van der Waals surface area (Å²) in [7, 11) is 0. The second kappa shape index (κ2) is 7.78. The molecule has 4 heteroatoms. The first-order valence-corrected chi connectivity index (χ1v) is 7.54. The third-order valence-corrected chi connectivity index (χ3v) is 3.30. The van der Waals surface area contributed by atoms with Crippen molar-refractivity contribution in [3.63, 3.8) is 0 Å². The molecule has 4 nitrogen and oxygen atoms in total. The van der Waals surface area contributed by atoms with Crippen LogP contribution in [-0.2, 0) is 0 Å². The van der Waals surface area contributed by atoms with Crippen molar-refractivity contribution in [2.45, 2.75) is 46.3 Å². The molecule has 1 rings (SSSR count). The first-order chi connectivity index (χ1) is 9.71. The lowest BCUT2D eigenvalue weighted by molar-refractivity contribution is 0.0115. The average molecular weight is 295 g/mol. The molecule has 0 amide bonds. The van der Waals surface area contributed by atoms with Crippen molar-refractivity contribution >= 4 is 0 Å². The lowest BCUT2D eigenvalue weighted by Gasteiger charge is -2.29. The van der Waals surface area contributed by atoms with Crippen LogP contribution >= 0.6 is 0 Å².